The van der Waals surface area contributed by atoms with Crippen LogP contribution in [-0.2, 0) is 0 Å². The molecule has 5 heteroatoms. The van der Waals surface area contributed by atoms with E-state index in [-0.39, 0.29) is 5.56 Å². The molecule has 20 heavy (non-hydrogen) atoms. The molecule has 1 fully saturated rings. The molecule has 1 aliphatic heterocycles. The zero-order valence-electron chi connectivity index (χ0n) is 12.2. The highest BCUT2D eigenvalue weighted by Crippen LogP contribution is 2.28. The van der Waals surface area contributed by atoms with Gasteiger partial charge in [-0.2, -0.15) is 0 Å². The van der Waals surface area contributed by atoms with E-state index in [4.69, 9.17) is 10.8 Å². The SMILES string of the molecule is CCN1CCC(N(C)c2cc(C(=O)O)ccc2N)CC1. The number of benzene rings is 1. The van der Waals surface area contributed by atoms with Crippen LogP contribution < -0.4 is 10.6 Å². The molecule has 1 aromatic carbocycles. The van der Waals surface area contributed by atoms with Gasteiger partial charge in [-0.1, -0.05) is 6.92 Å². The van der Waals surface area contributed by atoms with Crippen molar-refractivity contribution in [2.75, 3.05) is 37.3 Å². The number of rotatable bonds is 4. The molecule has 1 aromatic rings. The van der Waals surface area contributed by atoms with Gasteiger partial charge >= 0.3 is 5.97 Å². The molecule has 0 aromatic heterocycles. The summed E-state index contributed by atoms with van der Waals surface area (Å²) < 4.78 is 0. The highest BCUT2D eigenvalue weighted by Gasteiger charge is 2.23. The number of nitrogen functional groups attached to an aromatic ring is 1. The zero-order valence-corrected chi connectivity index (χ0v) is 12.2. The van der Waals surface area contributed by atoms with Gasteiger partial charge in [0.2, 0.25) is 0 Å². The molecule has 0 atom stereocenters. The Balaban J connectivity index is 2.14. The first-order valence-corrected chi connectivity index (χ1v) is 7.11. The average Bonchev–Trinajstić information content (AvgIpc) is 2.47. The summed E-state index contributed by atoms with van der Waals surface area (Å²) in [6, 6.07) is 5.32. The topological polar surface area (TPSA) is 69.8 Å². The van der Waals surface area contributed by atoms with Crippen molar-refractivity contribution < 1.29 is 9.90 Å². The first kappa shape index (κ1) is 14.7. The minimum Gasteiger partial charge on any atom is -0.478 e. The number of hydrogen-bond acceptors (Lipinski definition) is 4. The summed E-state index contributed by atoms with van der Waals surface area (Å²) in [5.41, 5.74) is 7.74. The molecule has 3 N–H and O–H groups in total. The van der Waals surface area contributed by atoms with Gasteiger partial charge in [0.05, 0.1) is 16.9 Å². The highest BCUT2D eigenvalue weighted by atomic mass is 16.4. The van der Waals surface area contributed by atoms with Crippen LogP contribution in [0, 0.1) is 0 Å². The monoisotopic (exact) mass is 277 g/mol. The summed E-state index contributed by atoms with van der Waals surface area (Å²) in [7, 11) is 2.00. The van der Waals surface area contributed by atoms with E-state index < -0.39 is 5.97 Å². The number of carboxylic acids is 1. The molecule has 0 saturated carbocycles. The van der Waals surface area contributed by atoms with Crippen molar-refractivity contribution in [3.8, 4) is 0 Å². The summed E-state index contributed by atoms with van der Waals surface area (Å²) >= 11 is 0. The second kappa shape index (κ2) is 6.13. The van der Waals surface area contributed by atoms with Crippen LogP contribution in [0.1, 0.15) is 30.1 Å². The van der Waals surface area contributed by atoms with Gasteiger partial charge in [0.1, 0.15) is 0 Å². The third-order valence-corrected chi connectivity index (χ3v) is 4.21. The maximum atomic E-state index is 11.1. The smallest absolute Gasteiger partial charge is 0.335 e. The van der Waals surface area contributed by atoms with Gasteiger partial charge < -0.3 is 20.6 Å². The van der Waals surface area contributed by atoms with Crippen LogP contribution in [0.3, 0.4) is 0 Å². The van der Waals surface area contributed by atoms with Crippen LogP contribution in [0.25, 0.3) is 0 Å². The van der Waals surface area contributed by atoms with E-state index in [1.54, 1.807) is 18.2 Å². The largest absolute Gasteiger partial charge is 0.478 e. The van der Waals surface area contributed by atoms with Crippen molar-refractivity contribution in [2.45, 2.75) is 25.8 Å². The maximum Gasteiger partial charge on any atom is 0.335 e. The fourth-order valence-corrected chi connectivity index (χ4v) is 2.80. The van der Waals surface area contributed by atoms with Gasteiger partial charge in [-0.05, 0) is 37.6 Å². The molecule has 110 valence electrons. The van der Waals surface area contributed by atoms with Crippen LogP contribution in [0.5, 0.6) is 0 Å². The molecular weight excluding hydrogens is 254 g/mol. The number of nitrogens with two attached hydrogens (primary N) is 1. The Morgan fingerprint density at radius 1 is 1.45 bits per heavy atom. The standard InChI is InChI=1S/C15H23N3O2/c1-3-18-8-6-12(7-9-18)17(2)14-10-11(15(19)20)4-5-13(14)16/h4-5,10,12H,3,6-9,16H2,1-2H3,(H,19,20). The lowest BCUT2D eigenvalue weighted by Crippen LogP contribution is -2.43. The number of piperidine rings is 1. The van der Waals surface area contributed by atoms with Crippen molar-refractivity contribution in [1.82, 2.24) is 4.90 Å². The van der Waals surface area contributed by atoms with Crippen molar-refractivity contribution in [3.63, 3.8) is 0 Å². The second-order valence-corrected chi connectivity index (χ2v) is 5.36. The lowest BCUT2D eigenvalue weighted by molar-refractivity contribution is 0.0697. The van der Waals surface area contributed by atoms with E-state index in [0.717, 1.165) is 38.2 Å². The fraction of sp³-hybridized carbons (Fsp3) is 0.533. The molecule has 0 unspecified atom stereocenters. The van der Waals surface area contributed by atoms with Gasteiger partial charge in [0.25, 0.3) is 0 Å². The lowest BCUT2D eigenvalue weighted by atomic mass is 10.0. The number of hydrogen-bond donors (Lipinski definition) is 2. The highest BCUT2D eigenvalue weighted by molar-refractivity contribution is 5.90. The number of nitrogens with zero attached hydrogens (tertiary/aromatic N) is 2. The Morgan fingerprint density at radius 2 is 2.10 bits per heavy atom. The number of anilines is 2. The van der Waals surface area contributed by atoms with Crippen LogP contribution in [-0.4, -0.2) is 48.7 Å². The zero-order chi connectivity index (χ0) is 14.7. The van der Waals surface area contributed by atoms with Crippen molar-refractivity contribution in [2.24, 2.45) is 0 Å². The molecule has 0 radical (unpaired) electrons. The number of aromatic carboxylic acids is 1. The van der Waals surface area contributed by atoms with Gasteiger partial charge in [0.15, 0.2) is 0 Å². The molecule has 0 bridgehead atoms. The van der Waals surface area contributed by atoms with Crippen LogP contribution in [0.15, 0.2) is 18.2 Å². The molecule has 0 amide bonds. The normalized spacial score (nSPS) is 17.1. The van der Waals surface area contributed by atoms with Crippen LogP contribution in [0.2, 0.25) is 0 Å². The minimum absolute atomic E-state index is 0.284. The summed E-state index contributed by atoms with van der Waals surface area (Å²) in [5, 5.41) is 9.09. The number of carbonyl (C=O) groups is 1. The molecule has 1 aliphatic rings. The Labute approximate surface area is 120 Å². The summed E-state index contributed by atoms with van der Waals surface area (Å²) in [6.45, 7) is 5.44. The molecule has 0 spiro atoms. The Morgan fingerprint density at radius 3 is 2.65 bits per heavy atom. The van der Waals surface area contributed by atoms with Gasteiger partial charge in [-0.15, -0.1) is 0 Å². The minimum atomic E-state index is -0.916. The van der Waals surface area contributed by atoms with Gasteiger partial charge in [-0.3, -0.25) is 0 Å². The first-order chi connectivity index (χ1) is 9.52. The van der Waals surface area contributed by atoms with E-state index in [2.05, 4.69) is 16.7 Å². The predicted octanol–water partition coefficient (Wildman–Crippen LogP) is 1.89. The summed E-state index contributed by atoms with van der Waals surface area (Å²) in [4.78, 5) is 15.6. The van der Waals surface area contributed by atoms with Gasteiger partial charge in [-0.25, -0.2) is 4.79 Å². The quantitative estimate of drug-likeness (QED) is 0.822. The van der Waals surface area contributed by atoms with Crippen LogP contribution >= 0.6 is 0 Å². The van der Waals surface area contributed by atoms with Gasteiger partial charge in [0, 0.05) is 26.2 Å². The fourth-order valence-electron chi connectivity index (χ4n) is 2.80. The number of carboxylic acid groups (broad SMARTS) is 1. The second-order valence-electron chi connectivity index (χ2n) is 5.36. The molecule has 5 nitrogen and oxygen atoms in total. The van der Waals surface area contributed by atoms with E-state index in [9.17, 15) is 4.79 Å². The van der Waals surface area contributed by atoms with Crippen molar-refractivity contribution in [3.05, 3.63) is 23.8 Å². The van der Waals surface area contributed by atoms with E-state index in [1.807, 2.05) is 7.05 Å². The lowest BCUT2D eigenvalue weighted by Gasteiger charge is -2.38. The van der Waals surface area contributed by atoms with Crippen molar-refractivity contribution >= 4 is 17.3 Å². The summed E-state index contributed by atoms with van der Waals surface area (Å²) in [6.07, 6.45) is 2.17. The average molecular weight is 277 g/mol. The van der Waals surface area contributed by atoms with E-state index >= 15 is 0 Å². The number of likely N-dealkylation sites (tertiary alicyclic amines) is 1. The molecule has 1 saturated heterocycles. The maximum absolute atomic E-state index is 11.1. The Hall–Kier alpha value is -1.75. The van der Waals surface area contributed by atoms with Crippen molar-refractivity contribution in [1.29, 1.82) is 0 Å². The molecule has 1 heterocycles. The van der Waals surface area contributed by atoms with Crippen LogP contribution in [0.4, 0.5) is 11.4 Å². The molecular formula is C15H23N3O2. The third-order valence-electron chi connectivity index (χ3n) is 4.21. The molecule has 2 rings (SSSR count). The molecule has 0 aliphatic carbocycles. The third kappa shape index (κ3) is 3.04. The predicted molar refractivity (Wildman–Crippen MR) is 81.4 cm³/mol. The van der Waals surface area contributed by atoms with E-state index in [1.165, 1.54) is 0 Å². The van der Waals surface area contributed by atoms with E-state index in [0.29, 0.717) is 11.7 Å². The Bertz CT molecular complexity index is 482. The summed E-state index contributed by atoms with van der Waals surface area (Å²) in [5.74, 6) is -0.916. The Kier molecular flexibility index (Phi) is 4.49. The first-order valence-electron chi connectivity index (χ1n) is 7.11.